The van der Waals surface area contributed by atoms with E-state index < -0.39 is 32.5 Å². The van der Waals surface area contributed by atoms with Crippen molar-refractivity contribution < 1.29 is 37.9 Å². The molecule has 284 valence electrons. The number of hydrogen-bond acceptors (Lipinski definition) is 6. The molecule has 0 heterocycles. The number of rotatable bonds is 37. The third-order valence-corrected chi connectivity index (χ3v) is 9.27. The summed E-state index contributed by atoms with van der Waals surface area (Å²) < 4.78 is 26.3. The third-order valence-electron chi connectivity index (χ3n) is 8.78. The first kappa shape index (κ1) is 46.8. The van der Waals surface area contributed by atoms with E-state index in [1.54, 1.807) is 0 Å². The van der Waals surface area contributed by atoms with Crippen LogP contribution in [0.4, 0.5) is 0 Å². The summed E-state index contributed by atoms with van der Waals surface area (Å²) in [5.74, 6) is -0.885. The Kier molecular flexibility index (Phi) is 34.7. The maximum atomic E-state index is 12.4. The highest BCUT2D eigenvalue weighted by molar-refractivity contribution is 7.46. The monoisotopic (exact) mass is 703 g/mol. The summed E-state index contributed by atoms with van der Waals surface area (Å²) in [5.41, 5.74) is 0. The van der Waals surface area contributed by atoms with Crippen LogP contribution in [0.15, 0.2) is 12.2 Å². The fourth-order valence-electron chi connectivity index (χ4n) is 5.78. The zero-order valence-corrected chi connectivity index (χ0v) is 32.0. The second-order valence-corrected chi connectivity index (χ2v) is 14.9. The van der Waals surface area contributed by atoms with Gasteiger partial charge in [0, 0.05) is 12.8 Å². The van der Waals surface area contributed by atoms with Crippen molar-refractivity contribution in [1.29, 1.82) is 0 Å². The Morgan fingerprint density at radius 2 is 0.875 bits per heavy atom. The minimum atomic E-state index is -4.75. The van der Waals surface area contributed by atoms with Crippen LogP contribution < -0.4 is 0 Å². The van der Waals surface area contributed by atoms with Crippen LogP contribution in [0.2, 0.25) is 0 Å². The van der Waals surface area contributed by atoms with E-state index in [4.69, 9.17) is 19.3 Å². The lowest BCUT2D eigenvalue weighted by atomic mass is 10.0. The Labute approximate surface area is 295 Å². The van der Waals surface area contributed by atoms with E-state index in [1.165, 1.54) is 122 Å². The van der Waals surface area contributed by atoms with Gasteiger partial charge >= 0.3 is 19.8 Å². The summed E-state index contributed by atoms with van der Waals surface area (Å²) in [6.07, 6.45) is 37.8. The van der Waals surface area contributed by atoms with E-state index in [0.717, 1.165) is 51.4 Å². The average molecular weight is 703 g/mol. The van der Waals surface area contributed by atoms with Crippen LogP contribution in [0.1, 0.15) is 206 Å². The number of hydrogen-bond donors (Lipinski definition) is 2. The Bertz CT molecular complexity index is 797. The van der Waals surface area contributed by atoms with E-state index >= 15 is 0 Å². The number of phosphoric ester groups is 1. The van der Waals surface area contributed by atoms with Crippen molar-refractivity contribution in [2.75, 3.05) is 13.2 Å². The van der Waals surface area contributed by atoms with E-state index in [1.807, 2.05) is 0 Å². The van der Waals surface area contributed by atoms with E-state index in [0.29, 0.717) is 6.42 Å². The zero-order valence-electron chi connectivity index (χ0n) is 31.2. The van der Waals surface area contributed by atoms with Crippen LogP contribution in [-0.2, 0) is 28.2 Å². The van der Waals surface area contributed by atoms with Gasteiger partial charge in [0.25, 0.3) is 0 Å². The Balaban J connectivity index is 3.92. The highest BCUT2D eigenvalue weighted by atomic mass is 31.2. The smallest absolute Gasteiger partial charge is 0.462 e. The molecule has 0 radical (unpaired) electrons. The second-order valence-electron chi connectivity index (χ2n) is 13.6. The standard InChI is InChI=1S/C39H75O8P/c1-3-5-7-9-11-13-15-17-19-21-23-25-27-29-31-33-38(40)45-35-37(36-46-48(42,43)44)47-39(41)34-32-30-28-26-24-22-20-18-16-14-12-10-8-6-4-2/h18,20,37H,3-17,19,21-36H2,1-2H3,(H2,42,43,44). The van der Waals surface area contributed by atoms with Crippen LogP contribution in [0.25, 0.3) is 0 Å². The predicted octanol–water partition coefficient (Wildman–Crippen LogP) is 11.8. The maximum Gasteiger partial charge on any atom is 0.469 e. The van der Waals surface area contributed by atoms with E-state index in [2.05, 4.69) is 30.5 Å². The predicted molar refractivity (Wildman–Crippen MR) is 198 cm³/mol. The topological polar surface area (TPSA) is 119 Å². The molecule has 0 saturated heterocycles. The lowest BCUT2D eigenvalue weighted by Crippen LogP contribution is -2.29. The number of carbonyl (C=O) groups excluding carboxylic acids is 2. The van der Waals surface area contributed by atoms with Crippen LogP contribution in [0.5, 0.6) is 0 Å². The third kappa shape index (κ3) is 37.6. The van der Waals surface area contributed by atoms with Crippen LogP contribution in [0.3, 0.4) is 0 Å². The molecule has 0 bridgehead atoms. The van der Waals surface area contributed by atoms with Crippen molar-refractivity contribution >= 4 is 19.8 Å². The van der Waals surface area contributed by atoms with Gasteiger partial charge in [-0.2, -0.15) is 0 Å². The summed E-state index contributed by atoms with van der Waals surface area (Å²) in [6, 6.07) is 0. The fraction of sp³-hybridized carbons (Fsp3) is 0.897. The van der Waals surface area contributed by atoms with Crippen molar-refractivity contribution in [3.63, 3.8) is 0 Å². The molecule has 1 unspecified atom stereocenters. The van der Waals surface area contributed by atoms with Crippen molar-refractivity contribution in [2.45, 2.75) is 213 Å². The molecular formula is C39H75O8P. The number of allylic oxidation sites excluding steroid dienone is 2. The molecule has 0 amide bonds. The second kappa shape index (κ2) is 35.6. The van der Waals surface area contributed by atoms with Gasteiger partial charge in [-0.15, -0.1) is 0 Å². The minimum Gasteiger partial charge on any atom is -0.462 e. The van der Waals surface area contributed by atoms with Gasteiger partial charge in [0.1, 0.15) is 6.61 Å². The molecule has 0 spiro atoms. The highest BCUT2D eigenvalue weighted by Gasteiger charge is 2.22. The molecule has 48 heavy (non-hydrogen) atoms. The number of ether oxygens (including phenoxy) is 2. The molecule has 2 N–H and O–H groups in total. The first-order valence-corrected chi connectivity index (χ1v) is 21.5. The van der Waals surface area contributed by atoms with Crippen molar-refractivity contribution in [1.82, 2.24) is 0 Å². The summed E-state index contributed by atoms with van der Waals surface area (Å²) >= 11 is 0. The molecule has 0 aromatic carbocycles. The molecule has 0 fully saturated rings. The maximum absolute atomic E-state index is 12.4. The van der Waals surface area contributed by atoms with Gasteiger partial charge in [-0.05, 0) is 38.5 Å². The molecule has 0 aromatic rings. The quantitative estimate of drug-likeness (QED) is 0.0284. The van der Waals surface area contributed by atoms with Gasteiger partial charge in [0.2, 0.25) is 0 Å². The summed E-state index contributed by atoms with van der Waals surface area (Å²) in [4.78, 5) is 42.7. The van der Waals surface area contributed by atoms with Crippen LogP contribution in [-0.4, -0.2) is 41.0 Å². The van der Waals surface area contributed by atoms with Gasteiger partial charge in [-0.1, -0.05) is 167 Å². The molecule has 9 heteroatoms. The molecule has 0 aliphatic rings. The van der Waals surface area contributed by atoms with Gasteiger partial charge in [0.05, 0.1) is 6.61 Å². The fourth-order valence-corrected chi connectivity index (χ4v) is 6.14. The Morgan fingerprint density at radius 1 is 0.521 bits per heavy atom. The number of phosphoric acid groups is 1. The highest BCUT2D eigenvalue weighted by Crippen LogP contribution is 2.36. The normalized spacial score (nSPS) is 12.5. The largest absolute Gasteiger partial charge is 0.469 e. The Hall–Kier alpha value is -1.21. The number of esters is 2. The zero-order chi connectivity index (χ0) is 35.4. The average Bonchev–Trinajstić information content (AvgIpc) is 3.05. The van der Waals surface area contributed by atoms with Gasteiger partial charge < -0.3 is 19.3 Å². The van der Waals surface area contributed by atoms with Crippen LogP contribution >= 0.6 is 7.82 Å². The van der Waals surface area contributed by atoms with E-state index in [-0.39, 0.29) is 19.4 Å². The minimum absolute atomic E-state index is 0.206. The summed E-state index contributed by atoms with van der Waals surface area (Å²) in [5, 5.41) is 0. The molecule has 0 rings (SSSR count). The molecule has 0 aromatic heterocycles. The van der Waals surface area contributed by atoms with Gasteiger partial charge in [-0.25, -0.2) is 4.57 Å². The molecule has 0 aliphatic carbocycles. The Morgan fingerprint density at radius 3 is 1.27 bits per heavy atom. The number of carbonyl (C=O) groups is 2. The number of unbranched alkanes of at least 4 members (excludes halogenated alkanes) is 25. The summed E-state index contributed by atoms with van der Waals surface area (Å²) in [6.45, 7) is 3.68. The molecular weight excluding hydrogens is 627 g/mol. The van der Waals surface area contributed by atoms with Crippen molar-refractivity contribution in [2.24, 2.45) is 0 Å². The summed E-state index contributed by atoms with van der Waals surface area (Å²) in [7, 11) is -4.75. The SMILES string of the molecule is CCCCCCCCC=CCCCCCCCC(=O)OC(COC(=O)CCCCCCCCCCCCCCCCC)COP(=O)(O)O. The lowest BCUT2D eigenvalue weighted by Gasteiger charge is -2.18. The van der Waals surface area contributed by atoms with Crippen LogP contribution in [0, 0.1) is 0 Å². The molecule has 0 saturated carbocycles. The first-order valence-electron chi connectivity index (χ1n) is 20.0. The molecule has 0 aliphatic heterocycles. The first-order chi connectivity index (χ1) is 23.3. The van der Waals surface area contributed by atoms with Crippen molar-refractivity contribution in [3.8, 4) is 0 Å². The van der Waals surface area contributed by atoms with Gasteiger partial charge in [-0.3, -0.25) is 14.1 Å². The van der Waals surface area contributed by atoms with Gasteiger partial charge in [0.15, 0.2) is 6.10 Å². The lowest BCUT2D eigenvalue weighted by molar-refractivity contribution is -0.161. The van der Waals surface area contributed by atoms with E-state index in [9.17, 15) is 14.2 Å². The van der Waals surface area contributed by atoms with Crippen molar-refractivity contribution in [3.05, 3.63) is 12.2 Å². The molecule has 8 nitrogen and oxygen atoms in total. The molecule has 1 atom stereocenters.